The quantitative estimate of drug-likeness (QED) is 0.321. The molecule has 2 aliphatic heterocycles. The summed E-state index contributed by atoms with van der Waals surface area (Å²) < 4.78 is 19.4. The van der Waals surface area contributed by atoms with Crippen LogP contribution in [0.2, 0.25) is 0 Å². The van der Waals surface area contributed by atoms with E-state index in [0.29, 0.717) is 29.3 Å². The van der Waals surface area contributed by atoms with Crippen molar-refractivity contribution in [3.8, 4) is 5.75 Å². The highest BCUT2D eigenvalue weighted by molar-refractivity contribution is 5.38. The Morgan fingerprint density at radius 2 is 1.55 bits per heavy atom. The molecule has 1 aromatic rings. The maximum absolute atomic E-state index is 13.1. The molecule has 4 aliphatic carbocycles. The number of methoxy groups -OCH3 is 1. The minimum Gasteiger partial charge on any atom is -0.497 e. The van der Waals surface area contributed by atoms with E-state index < -0.39 is 11.2 Å². The Labute approximate surface area is 267 Å². The molecule has 1 N–H and O–H groups in total. The van der Waals surface area contributed by atoms with Crippen LogP contribution in [-0.2, 0) is 15.1 Å². The fraction of sp³-hybridized carbons (Fsp3) is 0.842. The van der Waals surface area contributed by atoms with Crippen LogP contribution < -0.4 is 4.74 Å². The molecule has 7 rings (SSSR count). The fourth-order valence-electron chi connectivity index (χ4n) is 11.7. The minimum absolute atomic E-state index is 0.298. The second-order valence-corrected chi connectivity index (χ2v) is 16.1. The molecule has 3 unspecified atom stereocenters. The first-order valence-corrected chi connectivity index (χ1v) is 18.4. The highest BCUT2D eigenvalue weighted by Gasteiger charge is 2.72. The molecule has 4 saturated carbocycles. The topological polar surface area (TPSA) is 54.4 Å². The van der Waals surface area contributed by atoms with Gasteiger partial charge in [0, 0.05) is 18.5 Å². The Bertz CT molecular complexity index is 1140. The van der Waals surface area contributed by atoms with Gasteiger partial charge in [0.25, 0.3) is 0 Å². The van der Waals surface area contributed by atoms with Crippen molar-refractivity contribution in [2.24, 2.45) is 28.6 Å². The number of likely N-dealkylation sites (tertiary alicyclic amines) is 2. The van der Waals surface area contributed by atoms with E-state index in [1.165, 1.54) is 89.5 Å². The van der Waals surface area contributed by atoms with Crippen LogP contribution in [0.3, 0.4) is 0 Å². The van der Waals surface area contributed by atoms with Crippen LogP contribution in [-0.4, -0.2) is 86.2 Å². The van der Waals surface area contributed by atoms with Gasteiger partial charge in [-0.25, -0.2) is 0 Å². The molecule has 8 atom stereocenters. The molecular formula is C38H60N2O4. The van der Waals surface area contributed by atoms with Gasteiger partial charge in [-0.15, -0.1) is 0 Å². The molecule has 6 heteroatoms. The zero-order valence-electron chi connectivity index (χ0n) is 28.0. The van der Waals surface area contributed by atoms with Crippen molar-refractivity contribution in [3.63, 3.8) is 0 Å². The molecule has 6 fully saturated rings. The normalized spacial score (nSPS) is 42.6. The average molecular weight is 609 g/mol. The predicted octanol–water partition coefficient (Wildman–Crippen LogP) is 6.64. The smallest absolute Gasteiger partial charge is 0.119 e. The molecule has 246 valence electrons. The third-order valence-corrected chi connectivity index (χ3v) is 14.4. The summed E-state index contributed by atoms with van der Waals surface area (Å²) in [4.78, 5) is 5.12. The lowest BCUT2D eigenvalue weighted by Crippen LogP contribution is -2.65. The first-order valence-electron chi connectivity index (χ1n) is 18.4. The molecule has 2 saturated heterocycles. The van der Waals surface area contributed by atoms with Crippen molar-refractivity contribution in [1.29, 1.82) is 0 Å². The SMILES string of the molecule is COc1cccc(C2(OCCN3CCCC3)CC[C@@]3(O)[C@@H]4CCC5CC(OCCN6CCCC6)CC[C@]5(C)[C@@H]4CC[C@]23C)c1. The van der Waals surface area contributed by atoms with E-state index in [0.717, 1.165) is 57.7 Å². The van der Waals surface area contributed by atoms with Gasteiger partial charge in [-0.05, 0) is 151 Å². The molecule has 0 amide bonds. The van der Waals surface area contributed by atoms with Gasteiger partial charge in [-0.2, -0.15) is 0 Å². The number of ether oxygens (including phenoxy) is 3. The molecule has 1 aromatic carbocycles. The summed E-state index contributed by atoms with van der Waals surface area (Å²) in [5, 5.41) is 13.1. The van der Waals surface area contributed by atoms with Crippen molar-refractivity contribution in [2.75, 3.05) is 59.6 Å². The summed E-state index contributed by atoms with van der Waals surface area (Å²) in [6.45, 7) is 13.6. The molecule has 2 heterocycles. The van der Waals surface area contributed by atoms with Crippen LogP contribution in [0.4, 0.5) is 0 Å². The van der Waals surface area contributed by atoms with Crippen molar-refractivity contribution in [1.82, 2.24) is 9.80 Å². The van der Waals surface area contributed by atoms with E-state index in [4.69, 9.17) is 14.2 Å². The van der Waals surface area contributed by atoms with Crippen LogP contribution in [0.25, 0.3) is 0 Å². The second kappa shape index (κ2) is 12.4. The summed E-state index contributed by atoms with van der Waals surface area (Å²) in [6, 6.07) is 8.59. The summed E-state index contributed by atoms with van der Waals surface area (Å²) >= 11 is 0. The van der Waals surface area contributed by atoms with Crippen LogP contribution in [0.1, 0.15) is 103 Å². The van der Waals surface area contributed by atoms with E-state index in [1.54, 1.807) is 7.11 Å². The number of hydrogen-bond donors (Lipinski definition) is 1. The number of benzene rings is 1. The second-order valence-electron chi connectivity index (χ2n) is 16.1. The van der Waals surface area contributed by atoms with Gasteiger partial charge in [-0.1, -0.05) is 26.0 Å². The number of aliphatic hydroxyl groups is 1. The van der Waals surface area contributed by atoms with E-state index >= 15 is 0 Å². The first-order chi connectivity index (χ1) is 21.3. The van der Waals surface area contributed by atoms with E-state index in [9.17, 15) is 5.11 Å². The highest BCUT2D eigenvalue weighted by Crippen LogP contribution is 2.72. The molecule has 6 nitrogen and oxygen atoms in total. The van der Waals surface area contributed by atoms with Gasteiger partial charge in [-0.3, -0.25) is 0 Å². The predicted molar refractivity (Wildman–Crippen MR) is 175 cm³/mol. The van der Waals surface area contributed by atoms with Gasteiger partial charge in [0.1, 0.15) is 11.4 Å². The van der Waals surface area contributed by atoms with Gasteiger partial charge >= 0.3 is 0 Å². The lowest BCUT2D eigenvalue weighted by atomic mass is 9.42. The Balaban J connectivity index is 1.09. The molecule has 0 bridgehead atoms. The van der Waals surface area contributed by atoms with E-state index in [-0.39, 0.29) is 5.41 Å². The fourth-order valence-corrected chi connectivity index (χ4v) is 11.7. The van der Waals surface area contributed by atoms with Crippen molar-refractivity contribution < 1.29 is 19.3 Å². The monoisotopic (exact) mass is 608 g/mol. The minimum atomic E-state index is -0.719. The average Bonchev–Trinajstić information content (AvgIpc) is 3.80. The Kier molecular flexibility index (Phi) is 8.89. The zero-order chi connectivity index (χ0) is 30.4. The lowest BCUT2D eigenvalue weighted by Gasteiger charge is -2.65. The van der Waals surface area contributed by atoms with Gasteiger partial charge in [0.2, 0.25) is 0 Å². The zero-order valence-corrected chi connectivity index (χ0v) is 28.0. The maximum atomic E-state index is 13.1. The molecule has 6 aliphatic rings. The molecule has 0 spiro atoms. The van der Waals surface area contributed by atoms with E-state index in [2.05, 4.69) is 41.8 Å². The van der Waals surface area contributed by atoms with E-state index in [1.807, 2.05) is 6.07 Å². The molecule has 0 aromatic heterocycles. The summed E-state index contributed by atoms with van der Waals surface area (Å²) in [5.41, 5.74) is -0.0605. The Morgan fingerprint density at radius 3 is 2.27 bits per heavy atom. The Hall–Kier alpha value is -1.18. The molecule has 0 radical (unpaired) electrons. The van der Waals surface area contributed by atoms with Gasteiger partial charge < -0.3 is 29.1 Å². The number of hydrogen-bond acceptors (Lipinski definition) is 6. The maximum Gasteiger partial charge on any atom is 0.119 e. The van der Waals surface area contributed by atoms with Crippen LogP contribution in [0, 0.1) is 28.6 Å². The Morgan fingerprint density at radius 1 is 0.818 bits per heavy atom. The van der Waals surface area contributed by atoms with Crippen molar-refractivity contribution >= 4 is 0 Å². The summed E-state index contributed by atoms with van der Waals surface area (Å²) in [7, 11) is 1.75. The highest BCUT2D eigenvalue weighted by atomic mass is 16.5. The third kappa shape index (κ3) is 5.18. The summed E-state index contributed by atoms with van der Waals surface area (Å²) in [6.07, 6.45) is 15.6. The number of nitrogens with zero attached hydrogens (tertiary/aromatic N) is 2. The van der Waals surface area contributed by atoms with Gasteiger partial charge in [0.05, 0.1) is 32.0 Å². The standard InChI is InChI=1S/C38H60N2O4/c1-35-15-13-32(43-25-23-39-19-4-5-20-39)27-29(35)11-12-34-33(35)14-16-36(2)37(34,41)17-18-38(36,30-9-8-10-31(28-30)42-3)44-26-24-40-21-6-7-22-40/h8-10,28-29,32-34,41H,4-7,11-27H2,1-3H3/t29?,32?,33-,34-,35+,36+,37-,38?/m1/s1. The largest absolute Gasteiger partial charge is 0.497 e. The van der Waals surface area contributed by atoms with Crippen molar-refractivity contribution in [2.45, 2.75) is 115 Å². The molecular weight excluding hydrogens is 548 g/mol. The van der Waals surface area contributed by atoms with Crippen LogP contribution >= 0.6 is 0 Å². The third-order valence-electron chi connectivity index (χ3n) is 14.4. The van der Waals surface area contributed by atoms with Crippen LogP contribution in [0.15, 0.2) is 24.3 Å². The molecule has 44 heavy (non-hydrogen) atoms. The summed E-state index contributed by atoms with van der Waals surface area (Å²) in [5.74, 6) is 2.51. The number of rotatable bonds is 10. The number of fused-ring (bicyclic) bond motifs is 5. The van der Waals surface area contributed by atoms with Gasteiger partial charge in [0.15, 0.2) is 0 Å². The van der Waals surface area contributed by atoms with Crippen LogP contribution in [0.5, 0.6) is 5.75 Å². The lowest BCUT2D eigenvalue weighted by molar-refractivity contribution is -0.249. The van der Waals surface area contributed by atoms with Crippen molar-refractivity contribution in [3.05, 3.63) is 29.8 Å². The first kappa shape index (κ1) is 31.4.